The molecule has 236 valence electrons. The topological polar surface area (TPSA) is 138 Å². The van der Waals surface area contributed by atoms with Crippen molar-refractivity contribution >= 4 is 30.0 Å². The van der Waals surface area contributed by atoms with Crippen molar-refractivity contribution in [3.63, 3.8) is 0 Å². The highest BCUT2D eigenvalue weighted by Gasteiger charge is 2.36. The Balaban J connectivity index is 1.67. The zero-order valence-corrected chi connectivity index (χ0v) is 26.2. The molecular weight excluding hydrogens is 550 g/mol. The van der Waals surface area contributed by atoms with Crippen molar-refractivity contribution in [2.75, 3.05) is 19.8 Å². The maximum absolute atomic E-state index is 13.5. The van der Waals surface area contributed by atoms with Crippen LogP contribution in [-0.4, -0.2) is 78.0 Å². The standard InChI is InChI=1S/C32H47N5O6/c1-7-25(38)27(23-16-12-9-13-17-23)37-18-26(33-21-37)35-28(39)24(20-42-19-22-14-10-8-11-15-22)34-29(40)32(5,6)36-30(41)43-31(2,3)4/h8-10,12-13,16-17,21-22,24,26-27H,7,11,14-15,18-20H2,1-6H3,(H,34,40)(H,35,39)(H,36,41)/t22?,24-,26-,27?/m1/s1. The monoisotopic (exact) mass is 597 g/mol. The van der Waals surface area contributed by atoms with Crippen LogP contribution in [-0.2, 0) is 23.9 Å². The molecule has 3 amide bonds. The highest BCUT2D eigenvalue weighted by atomic mass is 16.6. The van der Waals surface area contributed by atoms with Crippen molar-refractivity contribution in [3.05, 3.63) is 48.0 Å². The SMILES string of the molecule is CCC(=O)C(c1ccccc1)N1C=N[C@H](NC(=O)[C@@H](COCC2CC=CCC2)NC(=O)C(C)(C)NC(=O)OC(C)(C)C)C1. The van der Waals surface area contributed by atoms with Gasteiger partial charge in [0.05, 0.1) is 19.5 Å². The van der Waals surface area contributed by atoms with Crippen molar-refractivity contribution in [1.82, 2.24) is 20.9 Å². The number of allylic oxidation sites excluding steroid dienone is 2. The van der Waals surface area contributed by atoms with E-state index in [2.05, 4.69) is 33.1 Å². The number of rotatable bonds is 13. The van der Waals surface area contributed by atoms with Crippen LogP contribution in [0.1, 0.15) is 78.8 Å². The Morgan fingerprint density at radius 2 is 1.79 bits per heavy atom. The maximum Gasteiger partial charge on any atom is 0.408 e. The lowest BCUT2D eigenvalue weighted by molar-refractivity contribution is -0.133. The van der Waals surface area contributed by atoms with Gasteiger partial charge in [-0.3, -0.25) is 14.4 Å². The Morgan fingerprint density at radius 1 is 1.07 bits per heavy atom. The first-order valence-corrected chi connectivity index (χ1v) is 15.0. The summed E-state index contributed by atoms with van der Waals surface area (Å²) in [6.45, 7) is 10.8. The Morgan fingerprint density at radius 3 is 2.42 bits per heavy atom. The van der Waals surface area contributed by atoms with Gasteiger partial charge in [0, 0.05) is 13.0 Å². The van der Waals surface area contributed by atoms with E-state index >= 15 is 0 Å². The van der Waals surface area contributed by atoms with Gasteiger partial charge in [0.1, 0.15) is 29.4 Å². The summed E-state index contributed by atoms with van der Waals surface area (Å²) in [6, 6.07) is 7.90. The van der Waals surface area contributed by atoms with Gasteiger partial charge in [0.2, 0.25) is 11.8 Å². The highest BCUT2D eigenvalue weighted by molar-refractivity contribution is 5.94. The van der Waals surface area contributed by atoms with Gasteiger partial charge >= 0.3 is 6.09 Å². The van der Waals surface area contributed by atoms with Gasteiger partial charge in [-0.25, -0.2) is 9.79 Å². The summed E-state index contributed by atoms with van der Waals surface area (Å²) in [4.78, 5) is 58.3. The zero-order valence-electron chi connectivity index (χ0n) is 26.2. The lowest BCUT2D eigenvalue weighted by Crippen LogP contribution is -2.61. The number of Topliss-reactive ketones (excluding diaryl/α,β-unsaturated/α-hetero) is 1. The third-order valence-corrected chi connectivity index (χ3v) is 7.21. The number of alkyl carbamates (subject to hydrolysis) is 1. The zero-order chi connectivity index (χ0) is 31.6. The van der Waals surface area contributed by atoms with Gasteiger partial charge in [-0.1, -0.05) is 49.4 Å². The second-order valence-corrected chi connectivity index (χ2v) is 12.6. The maximum atomic E-state index is 13.5. The summed E-state index contributed by atoms with van der Waals surface area (Å²) in [5.41, 5.74) is -1.26. The predicted molar refractivity (Wildman–Crippen MR) is 164 cm³/mol. The summed E-state index contributed by atoms with van der Waals surface area (Å²) in [6.07, 6.45) is 7.74. The third-order valence-electron chi connectivity index (χ3n) is 7.21. The molecule has 2 unspecified atom stereocenters. The van der Waals surface area contributed by atoms with Gasteiger partial charge in [-0.05, 0) is 65.4 Å². The summed E-state index contributed by atoms with van der Waals surface area (Å²) in [5, 5.41) is 8.20. The Bertz CT molecular complexity index is 1180. The molecule has 0 radical (unpaired) electrons. The molecule has 1 heterocycles. The minimum atomic E-state index is -1.37. The molecule has 3 N–H and O–H groups in total. The van der Waals surface area contributed by atoms with Crippen LogP contribution < -0.4 is 16.0 Å². The third kappa shape index (κ3) is 10.5. The van der Waals surface area contributed by atoms with Crippen LogP contribution in [0.4, 0.5) is 4.79 Å². The molecule has 0 saturated heterocycles. The van der Waals surface area contributed by atoms with Crippen LogP contribution in [0.15, 0.2) is 47.5 Å². The van der Waals surface area contributed by atoms with Crippen LogP contribution in [0.3, 0.4) is 0 Å². The number of carbonyl (C=O) groups excluding carboxylic acids is 4. The summed E-state index contributed by atoms with van der Waals surface area (Å²) in [7, 11) is 0. The minimum absolute atomic E-state index is 0.0421. The molecule has 43 heavy (non-hydrogen) atoms. The Hall–Kier alpha value is -3.73. The number of hydrogen-bond donors (Lipinski definition) is 3. The number of ketones is 1. The molecular formula is C32H47N5O6. The van der Waals surface area contributed by atoms with Gasteiger partial charge in [0.25, 0.3) is 0 Å². The average Bonchev–Trinajstić information content (AvgIpc) is 3.39. The van der Waals surface area contributed by atoms with E-state index in [1.807, 2.05) is 42.2 Å². The number of benzene rings is 1. The molecule has 1 aliphatic heterocycles. The van der Waals surface area contributed by atoms with E-state index in [1.165, 1.54) is 13.8 Å². The second-order valence-electron chi connectivity index (χ2n) is 12.6. The van der Waals surface area contributed by atoms with E-state index in [9.17, 15) is 19.2 Å². The fourth-order valence-corrected chi connectivity index (χ4v) is 4.87. The molecule has 1 aromatic rings. The summed E-state index contributed by atoms with van der Waals surface area (Å²) < 4.78 is 11.2. The van der Waals surface area contributed by atoms with Crippen LogP contribution in [0.5, 0.6) is 0 Å². The fourth-order valence-electron chi connectivity index (χ4n) is 4.87. The van der Waals surface area contributed by atoms with E-state index < -0.39 is 47.3 Å². The second kappa shape index (κ2) is 15.1. The van der Waals surface area contributed by atoms with E-state index in [-0.39, 0.29) is 12.4 Å². The molecule has 0 spiro atoms. The first kappa shape index (κ1) is 33.8. The normalized spacial score (nSPS) is 19.8. The molecule has 4 atom stereocenters. The molecule has 11 nitrogen and oxygen atoms in total. The smallest absolute Gasteiger partial charge is 0.408 e. The average molecular weight is 598 g/mol. The van der Waals surface area contributed by atoms with Crippen molar-refractivity contribution in [1.29, 1.82) is 0 Å². The van der Waals surface area contributed by atoms with Gasteiger partial charge < -0.3 is 30.3 Å². The van der Waals surface area contributed by atoms with Crippen LogP contribution in [0.25, 0.3) is 0 Å². The number of ether oxygens (including phenoxy) is 2. The van der Waals surface area contributed by atoms with Crippen LogP contribution in [0.2, 0.25) is 0 Å². The number of nitrogens with one attached hydrogen (secondary N) is 3. The predicted octanol–water partition coefficient (Wildman–Crippen LogP) is 3.65. The molecule has 1 aliphatic carbocycles. The molecule has 0 bridgehead atoms. The van der Waals surface area contributed by atoms with Crippen molar-refractivity contribution in [3.8, 4) is 0 Å². The summed E-state index contributed by atoms with van der Waals surface area (Å²) in [5.74, 6) is -0.668. The molecule has 2 aliphatic rings. The minimum Gasteiger partial charge on any atom is -0.444 e. The molecule has 3 rings (SSSR count). The number of aliphatic imine (C=N–C) groups is 1. The fraction of sp³-hybridized carbons (Fsp3) is 0.594. The van der Waals surface area contributed by atoms with Crippen LogP contribution >= 0.6 is 0 Å². The van der Waals surface area contributed by atoms with Crippen molar-refractivity contribution < 1.29 is 28.7 Å². The molecule has 0 aromatic heterocycles. The molecule has 11 heteroatoms. The Kier molecular flexibility index (Phi) is 11.9. The number of amides is 3. The highest BCUT2D eigenvalue weighted by Crippen LogP contribution is 2.24. The number of hydrogen-bond acceptors (Lipinski definition) is 8. The largest absolute Gasteiger partial charge is 0.444 e. The quantitative estimate of drug-likeness (QED) is 0.295. The summed E-state index contributed by atoms with van der Waals surface area (Å²) >= 11 is 0. The van der Waals surface area contributed by atoms with Crippen LogP contribution in [0, 0.1) is 5.92 Å². The van der Waals surface area contributed by atoms with E-state index in [1.54, 1.807) is 27.1 Å². The first-order valence-electron chi connectivity index (χ1n) is 15.0. The first-order chi connectivity index (χ1) is 20.3. The van der Waals surface area contributed by atoms with E-state index in [0.29, 0.717) is 25.5 Å². The van der Waals surface area contributed by atoms with E-state index in [0.717, 1.165) is 24.8 Å². The number of nitrogens with zero attached hydrogens (tertiary/aromatic N) is 2. The van der Waals surface area contributed by atoms with Gasteiger partial charge in [-0.2, -0.15) is 0 Å². The lowest BCUT2D eigenvalue weighted by atomic mass is 9.95. The van der Waals surface area contributed by atoms with Crippen molar-refractivity contribution in [2.45, 2.75) is 96.6 Å². The van der Waals surface area contributed by atoms with Crippen molar-refractivity contribution in [2.24, 2.45) is 10.9 Å². The number of carbonyl (C=O) groups is 4. The van der Waals surface area contributed by atoms with Gasteiger partial charge in [0.15, 0.2) is 5.78 Å². The van der Waals surface area contributed by atoms with Gasteiger partial charge in [-0.15, -0.1) is 0 Å². The Labute approximate surface area is 254 Å². The molecule has 0 fully saturated rings. The van der Waals surface area contributed by atoms with E-state index in [4.69, 9.17) is 9.47 Å². The molecule has 1 aromatic carbocycles. The lowest BCUT2D eigenvalue weighted by Gasteiger charge is -2.30. The molecule has 0 saturated carbocycles.